The molecule has 33 heavy (non-hydrogen) atoms. The molecule has 1 aromatic heterocycles. The van der Waals surface area contributed by atoms with Crippen LogP contribution in [0.3, 0.4) is 0 Å². The van der Waals surface area contributed by atoms with Gasteiger partial charge in [0.05, 0.1) is 6.61 Å². The number of anilines is 1. The van der Waals surface area contributed by atoms with Gasteiger partial charge in [0, 0.05) is 6.42 Å². The average Bonchev–Trinajstić information content (AvgIpc) is 3.28. The Morgan fingerprint density at radius 1 is 1.12 bits per heavy atom. The molecule has 0 aliphatic heterocycles. The van der Waals surface area contributed by atoms with Crippen LogP contribution in [-0.4, -0.2) is 22.7 Å². The second-order valence-electron chi connectivity index (χ2n) is 7.14. The van der Waals surface area contributed by atoms with E-state index in [4.69, 9.17) is 9.47 Å². The molecule has 7 nitrogen and oxygen atoms in total. The SMILES string of the molecule is CCCCc1nnc(NC(=O)/C(C#N)=C\c2ccc(OCc3ccccc3)c(OCC)c2)s1. The molecule has 0 radical (unpaired) electrons. The second-order valence-corrected chi connectivity index (χ2v) is 8.20. The number of ether oxygens (including phenoxy) is 2. The molecule has 170 valence electrons. The van der Waals surface area contributed by atoms with Crippen LogP contribution in [0.5, 0.6) is 11.5 Å². The van der Waals surface area contributed by atoms with Gasteiger partial charge >= 0.3 is 0 Å². The van der Waals surface area contributed by atoms with E-state index in [-0.39, 0.29) is 5.57 Å². The van der Waals surface area contributed by atoms with Crippen molar-refractivity contribution in [2.24, 2.45) is 0 Å². The van der Waals surface area contributed by atoms with Crippen LogP contribution in [0, 0.1) is 11.3 Å². The maximum absolute atomic E-state index is 12.6. The van der Waals surface area contributed by atoms with Crippen LogP contribution in [0.4, 0.5) is 5.13 Å². The first-order chi connectivity index (χ1) is 16.1. The number of carbonyl (C=O) groups is 1. The molecule has 1 amide bonds. The number of hydrogen-bond acceptors (Lipinski definition) is 7. The molecule has 3 aromatic rings. The molecule has 1 heterocycles. The van der Waals surface area contributed by atoms with E-state index < -0.39 is 5.91 Å². The summed E-state index contributed by atoms with van der Waals surface area (Å²) in [7, 11) is 0. The minimum absolute atomic E-state index is 0.0410. The Hall–Kier alpha value is -3.70. The van der Waals surface area contributed by atoms with Crippen LogP contribution in [0.15, 0.2) is 54.1 Å². The van der Waals surface area contributed by atoms with Crippen molar-refractivity contribution < 1.29 is 14.3 Å². The minimum atomic E-state index is -0.530. The Kier molecular flexibility index (Phi) is 8.98. The van der Waals surface area contributed by atoms with Crippen LogP contribution in [-0.2, 0) is 17.8 Å². The number of hydrogen-bond donors (Lipinski definition) is 1. The van der Waals surface area contributed by atoms with Gasteiger partial charge in [-0.05, 0) is 42.7 Å². The molecular formula is C25H26N4O3S. The number of nitrogens with zero attached hydrogens (tertiary/aromatic N) is 3. The Bertz CT molecular complexity index is 1140. The zero-order valence-corrected chi connectivity index (χ0v) is 19.5. The summed E-state index contributed by atoms with van der Waals surface area (Å²) < 4.78 is 11.6. The monoisotopic (exact) mass is 462 g/mol. The third kappa shape index (κ3) is 7.16. The third-order valence-corrected chi connectivity index (χ3v) is 5.51. The van der Waals surface area contributed by atoms with E-state index in [0.29, 0.717) is 35.4 Å². The fourth-order valence-corrected chi connectivity index (χ4v) is 3.73. The summed E-state index contributed by atoms with van der Waals surface area (Å²) in [6, 6.07) is 17.1. The minimum Gasteiger partial charge on any atom is -0.490 e. The predicted octanol–water partition coefficient (Wildman–Crippen LogP) is 5.40. The second kappa shape index (κ2) is 12.4. The van der Waals surface area contributed by atoms with Crippen LogP contribution in [0.25, 0.3) is 6.08 Å². The average molecular weight is 463 g/mol. The molecule has 0 atom stereocenters. The topological polar surface area (TPSA) is 97.1 Å². The maximum atomic E-state index is 12.6. The summed E-state index contributed by atoms with van der Waals surface area (Å²) in [6.45, 7) is 4.85. The molecule has 2 aromatic carbocycles. The van der Waals surface area contributed by atoms with E-state index in [9.17, 15) is 10.1 Å². The Balaban J connectivity index is 1.72. The van der Waals surface area contributed by atoms with Gasteiger partial charge in [0.15, 0.2) is 11.5 Å². The first kappa shape index (κ1) is 24.0. The van der Waals surface area contributed by atoms with Crippen molar-refractivity contribution in [3.63, 3.8) is 0 Å². The summed E-state index contributed by atoms with van der Waals surface area (Å²) in [5.41, 5.74) is 1.65. The van der Waals surface area contributed by atoms with Crippen LogP contribution >= 0.6 is 11.3 Å². The summed E-state index contributed by atoms with van der Waals surface area (Å²) in [5, 5.41) is 21.5. The quantitative estimate of drug-likeness (QED) is 0.302. The first-order valence-electron chi connectivity index (χ1n) is 10.8. The number of nitriles is 1. The molecule has 0 bridgehead atoms. The lowest BCUT2D eigenvalue weighted by atomic mass is 10.1. The number of amides is 1. The molecule has 0 unspecified atom stereocenters. The van der Waals surface area contributed by atoms with Gasteiger partial charge in [0.2, 0.25) is 5.13 Å². The number of benzene rings is 2. The summed E-state index contributed by atoms with van der Waals surface area (Å²) >= 11 is 1.32. The maximum Gasteiger partial charge on any atom is 0.268 e. The highest BCUT2D eigenvalue weighted by Crippen LogP contribution is 2.30. The van der Waals surface area contributed by atoms with Crippen molar-refractivity contribution in [3.05, 3.63) is 70.2 Å². The fourth-order valence-electron chi connectivity index (χ4n) is 2.95. The van der Waals surface area contributed by atoms with Crippen LogP contribution < -0.4 is 14.8 Å². The van der Waals surface area contributed by atoms with Crippen LogP contribution in [0.1, 0.15) is 42.8 Å². The van der Waals surface area contributed by atoms with E-state index in [1.807, 2.05) is 43.3 Å². The molecule has 0 aliphatic carbocycles. The number of aryl methyl sites for hydroxylation is 1. The van der Waals surface area contributed by atoms with E-state index >= 15 is 0 Å². The van der Waals surface area contributed by atoms with Gasteiger partial charge in [-0.25, -0.2) is 0 Å². The summed E-state index contributed by atoms with van der Waals surface area (Å²) in [5.74, 6) is 0.608. The molecule has 0 fully saturated rings. The van der Waals surface area contributed by atoms with E-state index in [2.05, 4.69) is 22.4 Å². The van der Waals surface area contributed by atoms with Gasteiger partial charge in [-0.3, -0.25) is 10.1 Å². The standard InChI is InChI=1S/C25H26N4O3S/c1-3-5-11-23-28-29-25(33-23)27-24(30)20(16-26)14-19-12-13-21(22(15-19)31-4-2)32-17-18-9-7-6-8-10-18/h6-10,12-15H,3-5,11,17H2,1-2H3,(H,27,29,30)/b20-14-. The molecule has 0 saturated carbocycles. The zero-order valence-electron chi connectivity index (χ0n) is 18.7. The van der Waals surface area contributed by atoms with E-state index in [0.717, 1.165) is 29.8 Å². The number of carbonyl (C=O) groups excluding carboxylic acids is 1. The molecule has 0 spiro atoms. The van der Waals surface area contributed by atoms with E-state index in [1.54, 1.807) is 18.2 Å². The van der Waals surface area contributed by atoms with Crippen molar-refractivity contribution in [2.75, 3.05) is 11.9 Å². The predicted molar refractivity (Wildman–Crippen MR) is 129 cm³/mol. The van der Waals surface area contributed by atoms with Gasteiger partial charge in [-0.1, -0.05) is 61.1 Å². The Labute approximate surface area is 197 Å². The number of unbranched alkanes of at least 4 members (excludes halogenated alkanes) is 1. The van der Waals surface area contributed by atoms with Crippen molar-refractivity contribution in [1.82, 2.24) is 10.2 Å². The molecule has 8 heteroatoms. The van der Waals surface area contributed by atoms with Gasteiger partial charge in [0.25, 0.3) is 5.91 Å². The number of aromatic nitrogens is 2. The lowest BCUT2D eigenvalue weighted by Gasteiger charge is -2.13. The lowest BCUT2D eigenvalue weighted by molar-refractivity contribution is -0.112. The summed E-state index contributed by atoms with van der Waals surface area (Å²) in [6.07, 6.45) is 4.41. The highest BCUT2D eigenvalue weighted by atomic mass is 32.1. The van der Waals surface area contributed by atoms with Crippen molar-refractivity contribution in [1.29, 1.82) is 5.26 Å². The van der Waals surface area contributed by atoms with Crippen molar-refractivity contribution >= 4 is 28.5 Å². The lowest BCUT2D eigenvalue weighted by Crippen LogP contribution is -2.13. The number of nitrogens with one attached hydrogen (secondary N) is 1. The highest BCUT2D eigenvalue weighted by Gasteiger charge is 2.14. The smallest absolute Gasteiger partial charge is 0.268 e. The van der Waals surface area contributed by atoms with Gasteiger partial charge < -0.3 is 9.47 Å². The fraction of sp³-hybridized carbons (Fsp3) is 0.280. The first-order valence-corrected chi connectivity index (χ1v) is 11.6. The van der Waals surface area contributed by atoms with Gasteiger partial charge in [-0.15, -0.1) is 10.2 Å². The molecule has 0 saturated heterocycles. The van der Waals surface area contributed by atoms with Crippen molar-refractivity contribution in [3.8, 4) is 17.6 Å². The molecule has 0 aliphatic rings. The normalized spacial score (nSPS) is 11.0. The highest BCUT2D eigenvalue weighted by molar-refractivity contribution is 7.15. The summed E-state index contributed by atoms with van der Waals surface area (Å²) in [4.78, 5) is 12.6. The molecular weight excluding hydrogens is 436 g/mol. The number of rotatable bonds is 11. The van der Waals surface area contributed by atoms with Gasteiger partial charge in [0.1, 0.15) is 23.3 Å². The van der Waals surface area contributed by atoms with Crippen molar-refractivity contribution in [2.45, 2.75) is 39.7 Å². The van der Waals surface area contributed by atoms with Crippen LogP contribution in [0.2, 0.25) is 0 Å². The Morgan fingerprint density at radius 2 is 1.94 bits per heavy atom. The van der Waals surface area contributed by atoms with Gasteiger partial charge in [-0.2, -0.15) is 5.26 Å². The largest absolute Gasteiger partial charge is 0.490 e. The zero-order chi connectivity index (χ0) is 23.5. The third-order valence-electron chi connectivity index (χ3n) is 4.61. The Morgan fingerprint density at radius 3 is 2.67 bits per heavy atom. The van der Waals surface area contributed by atoms with E-state index in [1.165, 1.54) is 17.4 Å². The molecule has 1 N–H and O–H groups in total. The molecule has 3 rings (SSSR count).